The fraction of sp³-hybridized carbons (Fsp3) is 0.341. The monoisotopic (exact) mass is 547 g/mol. The molecule has 42 heavy (non-hydrogen) atoms. The van der Waals surface area contributed by atoms with Crippen LogP contribution in [0.15, 0.2) is 113 Å². The van der Waals surface area contributed by atoms with Gasteiger partial charge in [0.25, 0.3) is 0 Å². The van der Waals surface area contributed by atoms with Crippen molar-refractivity contribution in [3.63, 3.8) is 0 Å². The molecule has 0 bridgehead atoms. The standard InChI is InChI=1S/C41H41N/c1-2-11-29(12-3-1)32-21-22-39(34-16-5-4-15-33(32)34)41-37-19-8-6-17-35(37)40(36-18-7-9-20-38(36)41)31-14-10-13-30(27-31)28-23-25-42-26-24-28/h4-9,13,15-20,23,25-29,35,37H,1-3,10-12,14,21-22,24H2. The minimum atomic E-state index is 0.371. The van der Waals surface area contributed by atoms with E-state index in [2.05, 4.69) is 102 Å². The first kappa shape index (κ1) is 26.0. The molecule has 3 unspecified atom stereocenters. The van der Waals surface area contributed by atoms with Crippen LogP contribution >= 0.6 is 0 Å². The van der Waals surface area contributed by atoms with Crippen LogP contribution in [0.5, 0.6) is 0 Å². The summed E-state index contributed by atoms with van der Waals surface area (Å²) in [5.74, 6) is 1.97. The highest BCUT2D eigenvalue weighted by molar-refractivity contribution is 5.95. The van der Waals surface area contributed by atoms with Gasteiger partial charge in [-0.1, -0.05) is 116 Å². The van der Waals surface area contributed by atoms with Gasteiger partial charge in [0.1, 0.15) is 0 Å². The highest BCUT2D eigenvalue weighted by Gasteiger charge is 2.35. The number of aliphatic imine (C=N–C) groups is 1. The van der Waals surface area contributed by atoms with Crippen molar-refractivity contribution < 1.29 is 0 Å². The van der Waals surface area contributed by atoms with Crippen LogP contribution in [0.25, 0.3) is 22.3 Å². The van der Waals surface area contributed by atoms with E-state index in [1.54, 1.807) is 27.5 Å². The Balaban J connectivity index is 1.37. The summed E-state index contributed by atoms with van der Waals surface area (Å²) in [5.41, 5.74) is 9.47. The van der Waals surface area contributed by atoms with Crippen molar-refractivity contribution in [1.29, 1.82) is 0 Å². The summed E-state index contributed by atoms with van der Waals surface area (Å²) in [6.07, 6.45) is 33.5. The van der Waals surface area contributed by atoms with E-state index in [0.29, 0.717) is 17.8 Å². The zero-order chi connectivity index (χ0) is 27.9. The van der Waals surface area contributed by atoms with Gasteiger partial charge >= 0.3 is 0 Å². The summed E-state index contributed by atoms with van der Waals surface area (Å²) in [7, 11) is 0. The van der Waals surface area contributed by atoms with Gasteiger partial charge in [-0.2, -0.15) is 0 Å². The molecule has 2 aromatic carbocycles. The summed E-state index contributed by atoms with van der Waals surface area (Å²) in [6.45, 7) is 0. The number of allylic oxidation sites excluding steroid dienone is 9. The molecule has 1 aliphatic heterocycles. The van der Waals surface area contributed by atoms with E-state index in [0.717, 1.165) is 31.6 Å². The summed E-state index contributed by atoms with van der Waals surface area (Å²) in [5, 5.41) is 5.97. The van der Waals surface area contributed by atoms with Crippen LogP contribution in [-0.2, 0) is 0 Å². The van der Waals surface area contributed by atoms with Crippen LogP contribution in [0.2, 0.25) is 0 Å². The van der Waals surface area contributed by atoms with Crippen LogP contribution < -0.4 is 20.9 Å². The molecule has 8 rings (SSSR count). The number of benzene rings is 2. The maximum Gasteiger partial charge on any atom is 0.0230 e. The van der Waals surface area contributed by atoms with Gasteiger partial charge in [-0.15, -0.1) is 0 Å². The average Bonchev–Trinajstić information content (AvgIpc) is 3.07. The Morgan fingerprint density at radius 1 is 0.667 bits per heavy atom. The van der Waals surface area contributed by atoms with Crippen molar-refractivity contribution in [3.05, 3.63) is 129 Å². The second-order valence-electron chi connectivity index (χ2n) is 13.0. The fourth-order valence-corrected chi connectivity index (χ4v) is 8.84. The largest absolute Gasteiger partial charge is 0.269 e. The Bertz CT molecular complexity index is 1850. The van der Waals surface area contributed by atoms with Crippen molar-refractivity contribution in [2.75, 3.05) is 0 Å². The Morgan fingerprint density at radius 3 is 2.14 bits per heavy atom. The normalized spacial score (nSPS) is 26.9. The second-order valence-corrected chi connectivity index (χ2v) is 13.0. The average molecular weight is 548 g/mol. The van der Waals surface area contributed by atoms with E-state index in [-0.39, 0.29) is 0 Å². The van der Waals surface area contributed by atoms with Crippen molar-refractivity contribution >= 4 is 28.5 Å². The molecule has 0 aromatic heterocycles. The maximum absolute atomic E-state index is 4.33. The number of fused-ring (bicyclic) bond motifs is 3. The molecule has 0 radical (unpaired) electrons. The lowest BCUT2D eigenvalue weighted by molar-refractivity contribution is 0.421. The molecular formula is C41H41N. The number of hydrogen-bond acceptors (Lipinski definition) is 1. The van der Waals surface area contributed by atoms with E-state index < -0.39 is 0 Å². The summed E-state index contributed by atoms with van der Waals surface area (Å²) < 4.78 is 0. The molecule has 1 fully saturated rings. The van der Waals surface area contributed by atoms with E-state index in [9.17, 15) is 0 Å². The number of rotatable bonds is 4. The van der Waals surface area contributed by atoms with Gasteiger partial charge in [0, 0.05) is 30.2 Å². The van der Waals surface area contributed by atoms with E-state index in [1.807, 2.05) is 6.20 Å². The van der Waals surface area contributed by atoms with Crippen molar-refractivity contribution in [2.24, 2.45) is 28.7 Å². The molecular weight excluding hydrogens is 506 g/mol. The van der Waals surface area contributed by atoms with Crippen LogP contribution in [0, 0.1) is 23.7 Å². The van der Waals surface area contributed by atoms with Gasteiger partial charge in [0.15, 0.2) is 0 Å². The Kier molecular flexibility index (Phi) is 6.91. The number of hydrogen-bond donors (Lipinski definition) is 0. The molecule has 0 saturated heterocycles. The molecule has 5 aliphatic carbocycles. The zero-order valence-electron chi connectivity index (χ0n) is 24.6. The lowest BCUT2D eigenvalue weighted by Gasteiger charge is -2.37. The van der Waals surface area contributed by atoms with Gasteiger partial charge in [-0.3, -0.25) is 4.99 Å². The summed E-state index contributed by atoms with van der Waals surface area (Å²) in [6, 6.07) is 18.8. The Morgan fingerprint density at radius 2 is 1.38 bits per heavy atom. The van der Waals surface area contributed by atoms with Gasteiger partial charge in [0.05, 0.1) is 0 Å². The van der Waals surface area contributed by atoms with Gasteiger partial charge in [-0.05, 0) is 99.6 Å². The van der Waals surface area contributed by atoms with Crippen LogP contribution in [-0.4, -0.2) is 6.21 Å². The minimum Gasteiger partial charge on any atom is -0.269 e. The smallest absolute Gasteiger partial charge is 0.0230 e. The third-order valence-corrected chi connectivity index (χ3v) is 10.8. The quantitative estimate of drug-likeness (QED) is 0.391. The molecule has 0 amide bonds. The second kappa shape index (κ2) is 11.2. The van der Waals surface area contributed by atoms with Crippen molar-refractivity contribution in [3.8, 4) is 0 Å². The van der Waals surface area contributed by atoms with E-state index >= 15 is 0 Å². The van der Waals surface area contributed by atoms with Crippen LogP contribution in [0.1, 0.15) is 64.2 Å². The van der Waals surface area contributed by atoms with Crippen LogP contribution in [0.3, 0.4) is 0 Å². The fourth-order valence-electron chi connectivity index (χ4n) is 8.84. The first-order valence-electron chi connectivity index (χ1n) is 16.5. The summed E-state index contributed by atoms with van der Waals surface area (Å²) >= 11 is 0. The first-order valence-corrected chi connectivity index (χ1v) is 16.5. The lowest BCUT2D eigenvalue weighted by Crippen LogP contribution is -2.43. The summed E-state index contributed by atoms with van der Waals surface area (Å²) in [4.78, 5) is 4.33. The predicted octanol–water partition coefficient (Wildman–Crippen LogP) is 6.99. The molecule has 0 N–H and O–H groups in total. The van der Waals surface area contributed by atoms with E-state index in [4.69, 9.17) is 0 Å². The molecule has 1 saturated carbocycles. The van der Waals surface area contributed by atoms with Crippen LogP contribution in [0.4, 0.5) is 0 Å². The van der Waals surface area contributed by atoms with Crippen molar-refractivity contribution in [2.45, 2.75) is 64.2 Å². The molecule has 0 spiro atoms. The molecule has 3 atom stereocenters. The Labute approximate surface area is 250 Å². The third kappa shape index (κ3) is 4.49. The lowest BCUT2D eigenvalue weighted by atomic mass is 9.67. The third-order valence-electron chi connectivity index (χ3n) is 10.8. The maximum atomic E-state index is 4.33. The van der Waals surface area contributed by atoms with Gasteiger partial charge in [-0.25, -0.2) is 0 Å². The van der Waals surface area contributed by atoms with Crippen molar-refractivity contribution in [1.82, 2.24) is 0 Å². The predicted molar refractivity (Wildman–Crippen MR) is 177 cm³/mol. The topological polar surface area (TPSA) is 12.4 Å². The SMILES string of the molecule is C1=CC2C(C3=CC(C4C=CN=CC4)=CCC3)=c3ccccc3=C(C3=c4ccccc4=C(C4CCCCC4)CC3)C2C=C1. The minimum absolute atomic E-state index is 0.371. The molecule has 1 heterocycles. The molecule has 210 valence electrons. The molecule has 1 heteroatoms. The van der Waals surface area contributed by atoms with E-state index in [1.165, 1.54) is 65.3 Å². The molecule has 6 aliphatic rings. The first-order chi connectivity index (χ1) is 20.9. The highest BCUT2D eigenvalue weighted by atomic mass is 14.7. The Hall–Kier alpha value is -3.71. The molecule has 2 aromatic rings. The highest BCUT2D eigenvalue weighted by Crippen LogP contribution is 2.45. The van der Waals surface area contributed by atoms with Gasteiger partial charge < -0.3 is 0 Å². The molecule has 1 nitrogen and oxygen atoms in total. The number of nitrogens with zero attached hydrogens (tertiary/aromatic N) is 1. The van der Waals surface area contributed by atoms with Gasteiger partial charge in [0.2, 0.25) is 0 Å². The zero-order valence-corrected chi connectivity index (χ0v) is 24.6.